The predicted molar refractivity (Wildman–Crippen MR) is 80.5 cm³/mol. The van der Waals surface area contributed by atoms with E-state index in [9.17, 15) is 9.59 Å². The van der Waals surface area contributed by atoms with E-state index in [1.54, 1.807) is 20.8 Å². The van der Waals surface area contributed by atoms with Gasteiger partial charge in [0.1, 0.15) is 11.6 Å². The fourth-order valence-electron chi connectivity index (χ4n) is 1.55. The number of carbonyl (C=O) groups is 2. The van der Waals surface area contributed by atoms with Gasteiger partial charge in [-0.1, -0.05) is 34.1 Å². The molecule has 5 nitrogen and oxygen atoms in total. The maximum absolute atomic E-state index is 12.2. The zero-order chi connectivity index (χ0) is 15.9. The maximum Gasteiger partial charge on any atom is 0.408 e. The van der Waals surface area contributed by atoms with Crippen LogP contribution in [0.5, 0.6) is 0 Å². The Morgan fingerprint density at radius 1 is 1.15 bits per heavy atom. The number of amides is 2. The second-order valence-corrected chi connectivity index (χ2v) is 6.65. The highest BCUT2D eigenvalue weighted by Gasteiger charge is 2.28. The van der Waals surface area contributed by atoms with Crippen molar-refractivity contribution in [2.24, 2.45) is 11.8 Å². The van der Waals surface area contributed by atoms with Gasteiger partial charge >= 0.3 is 6.09 Å². The third-order valence-electron chi connectivity index (χ3n) is 2.85. The Kier molecular flexibility index (Phi) is 7.61. The second kappa shape index (κ2) is 8.12. The first-order valence-electron chi connectivity index (χ1n) is 7.34. The molecule has 2 amide bonds. The number of ether oxygens (including phenoxy) is 1. The van der Waals surface area contributed by atoms with Crippen molar-refractivity contribution in [3.05, 3.63) is 0 Å². The molecule has 0 saturated carbocycles. The maximum atomic E-state index is 12.2. The number of nitrogens with one attached hydrogen (secondary N) is 2. The summed E-state index contributed by atoms with van der Waals surface area (Å²) in [5.41, 5.74) is -0.571. The van der Waals surface area contributed by atoms with Crippen molar-refractivity contribution in [2.75, 3.05) is 6.54 Å². The number of hydrogen-bond acceptors (Lipinski definition) is 3. The topological polar surface area (TPSA) is 67.4 Å². The Morgan fingerprint density at radius 2 is 1.70 bits per heavy atom. The summed E-state index contributed by atoms with van der Waals surface area (Å²) >= 11 is 0. The summed E-state index contributed by atoms with van der Waals surface area (Å²) in [4.78, 5) is 24.0. The number of alkyl carbamates (subject to hydrolysis) is 1. The quantitative estimate of drug-likeness (QED) is 0.789. The Balaban J connectivity index is 4.64. The van der Waals surface area contributed by atoms with Crippen molar-refractivity contribution in [2.45, 2.75) is 66.5 Å². The summed E-state index contributed by atoms with van der Waals surface area (Å²) in [6.45, 7) is 14.0. The average molecular weight is 286 g/mol. The molecule has 0 heterocycles. The number of hydrogen-bond donors (Lipinski definition) is 2. The first-order valence-corrected chi connectivity index (χ1v) is 7.34. The summed E-state index contributed by atoms with van der Waals surface area (Å²) in [5, 5.41) is 5.53. The lowest BCUT2D eigenvalue weighted by Gasteiger charge is -2.26. The van der Waals surface area contributed by atoms with Crippen LogP contribution in [-0.4, -0.2) is 30.2 Å². The molecular weight excluding hydrogens is 256 g/mol. The number of rotatable bonds is 6. The molecule has 0 radical (unpaired) electrons. The predicted octanol–water partition coefficient (Wildman–Crippen LogP) is 2.70. The van der Waals surface area contributed by atoms with Gasteiger partial charge in [0.25, 0.3) is 0 Å². The van der Waals surface area contributed by atoms with Crippen molar-refractivity contribution in [3.8, 4) is 0 Å². The SMILES string of the molecule is CCC(C)C(NC(=O)OC(C)(C)C)C(=O)NCC(C)C. The average Bonchev–Trinajstić information content (AvgIpc) is 2.29. The van der Waals surface area contributed by atoms with Gasteiger partial charge < -0.3 is 15.4 Å². The summed E-state index contributed by atoms with van der Waals surface area (Å²) in [6, 6.07) is -0.561. The molecule has 0 aromatic carbocycles. The van der Waals surface area contributed by atoms with Crippen LogP contribution in [0.4, 0.5) is 4.79 Å². The van der Waals surface area contributed by atoms with Gasteiger partial charge in [-0.2, -0.15) is 0 Å². The third-order valence-corrected chi connectivity index (χ3v) is 2.85. The van der Waals surface area contributed by atoms with E-state index in [1.807, 2.05) is 27.7 Å². The molecular formula is C15H30N2O3. The third kappa shape index (κ3) is 8.02. The molecule has 2 unspecified atom stereocenters. The van der Waals surface area contributed by atoms with Crippen LogP contribution < -0.4 is 10.6 Å². The minimum Gasteiger partial charge on any atom is -0.444 e. The highest BCUT2D eigenvalue weighted by molar-refractivity contribution is 5.85. The first kappa shape index (κ1) is 18.7. The van der Waals surface area contributed by atoms with E-state index >= 15 is 0 Å². The Morgan fingerprint density at radius 3 is 2.10 bits per heavy atom. The number of carbonyl (C=O) groups excluding carboxylic acids is 2. The van der Waals surface area contributed by atoms with Crippen molar-refractivity contribution in [1.82, 2.24) is 10.6 Å². The molecule has 2 N–H and O–H groups in total. The van der Waals surface area contributed by atoms with Crippen LogP contribution in [0.3, 0.4) is 0 Å². The summed E-state index contributed by atoms with van der Waals surface area (Å²) in [6.07, 6.45) is 0.248. The van der Waals surface area contributed by atoms with Crippen molar-refractivity contribution in [3.63, 3.8) is 0 Å². The molecule has 0 aromatic rings. The van der Waals surface area contributed by atoms with Crippen LogP contribution in [0.15, 0.2) is 0 Å². The van der Waals surface area contributed by atoms with Crippen LogP contribution in [0.2, 0.25) is 0 Å². The molecule has 20 heavy (non-hydrogen) atoms. The molecule has 0 aliphatic carbocycles. The molecule has 0 saturated heterocycles. The fourth-order valence-corrected chi connectivity index (χ4v) is 1.55. The lowest BCUT2D eigenvalue weighted by molar-refractivity contribution is -0.124. The van der Waals surface area contributed by atoms with Crippen molar-refractivity contribution >= 4 is 12.0 Å². The summed E-state index contributed by atoms with van der Waals surface area (Å²) in [7, 11) is 0. The fraction of sp³-hybridized carbons (Fsp3) is 0.867. The minimum atomic E-state index is -0.571. The lowest BCUT2D eigenvalue weighted by atomic mass is 9.98. The minimum absolute atomic E-state index is 0.0506. The van der Waals surface area contributed by atoms with Crippen LogP contribution in [0, 0.1) is 11.8 Å². The molecule has 0 aliphatic rings. The smallest absolute Gasteiger partial charge is 0.408 e. The molecule has 5 heteroatoms. The van der Waals surface area contributed by atoms with E-state index in [-0.39, 0.29) is 11.8 Å². The van der Waals surface area contributed by atoms with Crippen LogP contribution in [-0.2, 0) is 9.53 Å². The Labute approximate surface area is 122 Å². The van der Waals surface area contributed by atoms with Gasteiger partial charge in [0.15, 0.2) is 0 Å². The van der Waals surface area contributed by atoms with Gasteiger partial charge in [0.2, 0.25) is 5.91 Å². The summed E-state index contributed by atoms with van der Waals surface area (Å²) in [5.74, 6) is 0.270. The van der Waals surface area contributed by atoms with Crippen LogP contribution in [0.25, 0.3) is 0 Å². The summed E-state index contributed by atoms with van der Waals surface area (Å²) < 4.78 is 5.21. The molecule has 0 aliphatic heterocycles. The van der Waals surface area contributed by atoms with E-state index in [2.05, 4.69) is 10.6 Å². The molecule has 0 aromatic heterocycles. The van der Waals surface area contributed by atoms with Gasteiger partial charge in [0, 0.05) is 6.54 Å². The van der Waals surface area contributed by atoms with E-state index in [0.29, 0.717) is 12.5 Å². The van der Waals surface area contributed by atoms with E-state index in [4.69, 9.17) is 4.74 Å². The normalized spacial score (nSPS) is 14.6. The van der Waals surface area contributed by atoms with Crippen LogP contribution >= 0.6 is 0 Å². The highest BCUT2D eigenvalue weighted by Crippen LogP contribution is 2.11. The zero-order valence-electron chi connectivity index (χ0n) is 13.9. The zero-order valence-corrected chi connectivity index (χ0v) is 13.9. The van der Waals surface area contributed by atoms with E-state index in [1.165, 1.54) is 0 Å². The molecule has 118 valence electrons. The van der Waals surface area contributed by atoms with E-state index in [0.717, 1.165) is 6.42 Å². The van der Waals surface area contributed by atoms with Gasteiger partial charge in [0.05, 0.1) is 0 Å². The first-order chi connectivity index (χ1) is 9.06. The standard InChI is InChI=1S/C15H30N2O3/c1-8-11(4)12(13(18)16-9-10(2)3)17-14(19)20-15(5,6)7/h10-12H,8-9H2,1-7H3,(H,16,18)(H,17,19). The Hall–Kier alpha value is -1.26. The highest BCUT2D eigenvalue weighted by atomic mass is 16.6. The van der Waals surface area contributed by atoms with Gasteiger partial charge in [-0.15, -0.1) is 0 Å². The molecule has 0 fully saturated rings. The van der Waals surface area contributed by atoms with Gasteiger partial charge in [-0.25, -0.2) is 4.79 Å². The second-order valence-electron chi connectivity index (χ2n) is 6.65. The van der Waals surface area contributed by atoms with Gasteiger partial charge in [-0.3, -0.25) is 4.79 Å². The van der Waals surface area contributed by atoms with Gasteiger partial charge in [-0.05, 0) is 32.6 Å². The van der Waals surface area contributed by atoms with E-state index < -0.39 is 17.7 Å². The van der Waals surface area contributed by atoms with Crippen molar-refractivity contribution in [1.29, 1.82) is 0 Å². The molecule has 0 bridgehead atoms. The Bertz CT molecular complexity index is 322. The largest absolute Gasteiger partial charge is 0.444 e. The monoisotopic (exact) mass is 286 g/mol. The van der Waals surface area contributed by atoms with Crippen molar-refractivity contribution < 1.29 is 14.3 Å². The van der Waals surface area contributed by atoms with Crippen LogP contribution in [0.1, 0.15) is 54.9 Å². The molecule has 0 rings (SSSR count). The molecule has 0 spiro atoms. The lowest BCUT2D eigenvalue weighted by Crippen LogP contribution is -2.51. The molecule has 2 atom stereocenters.